The van der Waals surface area contributed by atoms with E-state index < -0.39 is 24.0 Å². The van der Waals surface area contributed by atoms with E-state index in [4.69, 9.17) is 26.2 Å². The van der Waals surface area contributed by atoms with Crippen molar-refractivity contribution < 1.29 is 25.2 Å². The van der Waals surface area contributed by atoms with Gasteiger partial charge in [0.2, 0.25) is 0 Å². The Kier molecular flexibility index (Phi) is 3.75. The molecule has 3 unspecified atom stereocenters. The third-order valence-corrected chi connectivity index (χ3v) is 1.61. The van der Waals surface area contributed by atoms with Crippen LogP contribution in [0, 0.1) is 0 Å². The van der Waals surface area contributed by atoms with Crippen molar-refractivity contribution in [3.05, 3.63) is 0 Å². The molecule has 6 nitrogen and oxygen atoms in total. The lowest BCUT2D eigenvalue weighted by Gasteiger charge is -2.32. The smallest absolute Gasteiger partial charge is 0.168 e. The van der Waals surface area contributed by atoms with E-state index in [-0.39, 0.29) is 6.29 Å². The number of hydrogen-bond donors (Lipinski definition) is 5. The van der Waals surface area contributed by atoms with E-state index >= 15 is 0 Å². The van der Waals surface area contributed by atoms with Crippen LogP contribution in [0.25, 0.3) is 0 Å². The van der Waals surface area contributed by atoms with E-state index in [9.17, 15) is 4.79 Å². The Bertz CT molecular complexity index is 158. The Labute approximate surface area is 69.2 Å². The zero-order chi connectivity index (χ0) is 9.94. The van der Waals surface area contributed by atoms with Crippen LogP contribution >= 0.6 is 0 Å². The van der Waals surface area contributed by atoms with E-state index in [0.29, 0.717) is 0 Å². The second-order valence-corrected chi connectivity index (χ2v) is 2.63. The number of aliphatic hydroxyl groups is 4. The number of nitrogens with two attached hydrogens (primary N) is 1. The minimum atomic E-state index is -2.39. The zero-order valence-electron chi connectivity index (χ0n) is 6.58. The van der Waals surface area contributed by atoms with Crippen molar-refractivity contribution in [2.75, 3.05) is 0 Å². The maximum Gasteiger partial charge on any atom is 0.168 e. The van der Waals surface area contributed by atoms with Crippen LogP contribution < -0.4 is 5.73 Å². The Morgan fingerprint density at radius 1 is 1.42 bits per heavy atom. The minimum Gasteiger partial charge on any atom is -0.389 e. The third kappa shape index (κ3) is 2.23. The number of carbonyl (C=O) groups is 1. The van der Waals surface area contributed by atoms with E-state index in [1.165, 1.54) is 0 Å². The molecule has 6 heteroatoms. The maximum atomic E-state index is 9.96. The molecule has 0 aliphatic heterocycles. The van der Waals surface area contributed by atoms with Crippen LogP contribution in [0.1, 0.15) is 6.92 Å². The predicted octanol–water partition coefficient (Wildman–Crippen LogP) is -3.06. The summed E-state index contributed by atoms with van der Waals surface area (Å²) in [6, 6.07) is 0. The van der Waals surface area contributed by atoms with Crippen molar-refractivity contribution in [2.24, 2.45) is 5.73 Å². The Morgan fingerprint density at radius 3 is 2.08 bits per heavy atom. The van der Waals surface area contributed by atoms with Crippen molar-refractivity contribution in [3.8, 4) is 0 Å². The standard InChI is InChI=1S/C6H13NO5/c1-3(9)6(7,12)5(11)4(10)2-8/h2-5,9-12H,7H2,1H3/t3?,4?,5?,6-/m0/s1. The zero-order valence-corrected chi connectivity index (χ0v) is 6.58. The van der Waals surface area contributed by atoms with E-state index in [2.05, 4.69) is 0 Å². The van der Waals surface area contributed by atoms with Gasteiger partial charge in [-0.15, -0.1) is 0 Å². The summed E-state index contributed by atoms with van der Waals surface area (Å²) in [6.07, 6.45) is -5.16. The van der Waals surface area contributed by atoms with E-state index in [0.717, 1.165) is 6.92 Å². The number of carbonyl (C=O) groups excluding carboxylic acids is 1. The van der Waals surface area contributed by atoms with Crippen LogP contribution in [0.3, 0.4) is 0 Å². The number of aliphatic hydroxyl groups excluding tert-OH is 3. The first-order valence-electron chi connectivity index (χ1n) is 3.34. The van der Waals surface area contributed by atoms with Gasteiger partial charge in [0.15, 0.2) is 12.0 Å². The lowest BCUT2D eigenvalue weighted by atomic mass is 9.98. The first-order valence-corrected chi connectivity index (χ1v) is 3.34. The first kappa shape index (κ1) is 11.5. The van der Waals surface area contributed by atoms with Gasteiger partial charge in [-0.1, -0.05) is 0 Å². The van der Waals surface area contributed by atoms with Crippen LogP contribution in [-0.4, -0.2) is 50.7 Å². The van der Waals surface area contributed by atoms with Crippen molar-refractivity contribution in [1.82, 2.24) is 0 Å². The van der Waals surface area contributed by atoms with Crippen LogP contribution in [0.15, 0.2) is 0 Å². The fraction of sp³-hybridized carbons (Fsp3) is 0.833. The molecule has 6 N–H and O–H groups in total. The van der Waals surface area contributed by atoms with Gasteiger partial charge in [-0.25, -0.2) is 0 Å². The van der Waals surface area contributed by atoms with Crippen molar-refractivity contribution >= 4 is 6.29 Å². The summed E-state index contributed by atoms with van der Waals surface area (Å²) in [5, 5.41) is 35.7. The molecule has 0 bridgehead atoms. The van der Waals surface area contributed by atoms with Gasteiger partial charge in [0.05, 0.1) is 6.10 Å². The average Bonchev–Trinajstić information content (AvgIpc) is 2.01. The molecular formula is C6H13NO5. The Morgan fingerprint density at radius 2 is 1.83 bits per heavy atom. The number of rotatable bonds is 4. The molecule has 0 saturated heterocycles. The molecular weight excluding hydrogens is 166 g/mol. The van der Waals surface area contributed by atoms with Gasteiger partial charge < -0.3 is 25.2 Å². The molecule has 12 heavy (non-hydrogen) atoms. The highest BCUT2D eigenvalue weighted by atomic mass is 16.4. The predicted molar refractivity (Wildman–Crippen MR) is 38.9 cm³/mol. The summed E-state index contributed by atoms with van der Waals surface area (Å²) >= 11 is 0. The highest BCUT2D eigenvalue weighted by Gasteiger charge is 2.40. The molecule has 0 aromatic heterocycles. The SMILES string of the molecule is CC(O)[C@](N)(O)C(O)C(O)C=O. The minimum absolute atomic E-state index is 0.0187. The molecule has 0 fully saturated rings. The molecule has 0 aromatic rings. The quantitative estimate of drug-likeness (QED) is 0.230. The average molecular weight is 179 g/mol. The molecule has 0 aliphatic carbocycles. The third-order valence-electron chi connectivity index (χ3n) is 1.61. The van der Waals surface area contributed by atoms with Gasteiger partial charge in [0.1, 0.15) is 12.2 Å². The molecule has 0 saturated carbocycles. The molecule has 0 amide bonds. The molecule has 0 heterocycles. The van der Waals surface area contributed by atoms with Crippen LogP contribution in [-0.2, 0) is 4.79 Å². The van der Waals surface area contributed by atoms with Gasteiger partial charge in [-0.3, -0.25) is 5.73 Å². The van der Waals surface area contributed by atoms with Crippen molar-refractivity contribution in [2.45, 2.75) is 31.0 Å². The lowest BCUT2D eigenvalue weighted by Crippen LogP contribution is -2.62. The molecule has 72 valence electrons. The Balaban J connectivity index is 4.44. The summed E-state index contributed by atoms with van der Waals surface area (Å²) in [5.41, 5.74) is 2.63. The maximum absolute atomic E-state index is 9.96. The fourth-order valence-corrected chi connectivity index (χ4v) is 0.595. The molecule has 0 spiro atoms. The summed E-state index contributed by atoms with van der Waals surface area (Å²) < 4.78 is 0. The van der Waals surface area contributed by atoms with E-state index in [1.54, 1.807) is 0 Å². The van der Waals surface area contributed by atoms with Crippen LogP contribution in [0.5, 0.6) is 0 Å². The lowest BCUT2D eigenvalue weighted by molar-refractivity contribution is -0.170. The van der Waals surface area contributed by atoms with Gasteiger partial charge in [-0.2, -0.15) is 0 Å². The highest BCUT2D eigenvalue weighted by Crippen LogP contribution is 2.11. The number of aldehydes is 1. The largest absolute Gasteiger partial charge is 0.389 e. The van der Waals surface area contributed by atoms with Crippen molar-refractivity contribution in [3.63, 3.8) is 0 Å². The Hall–Kier alpha value is -0.530. The first-order chi connectivity index (χ1) is 5.34. The topological polar surface area (TPSA) is 124 Å². The number of hydrogen-bond acceptors (Lipinski definition) is 6. The summed E-state index contributed by atoms with van der Waals surface area (Å²) in [6.45, 7) is 1.13. The molecule has 0 aliphatic rings. The second kappa shape index (κ2) is 3.92. The summed E-state index contributed by atoms with van der Waals surface area (Å²) in [7, 11) is 0. The van der Waals surface area contributed by atoms with Gasteiger partial charge in [0.25, 0.3) is 0 Å². The summed E-state index contributed by atoms with van der Waals surface area (Å²) in [5.74, 6) is 0. The molecule has 0 radical (unpaired) electrons. The molecule has 4 atom stereocenters. The van der Waals surface area contributed by atoms with Gasteiger partial charge in [0, 0.05) is 0 Å². The molecule has 0 rings (SSSR count). The fourth-order valence-electron chi connectivity index (χ4n) is 0.595. The van der Waals surface area contributed by atoms with E-state index in [1.807, 2.05) is 0 Å². The monoisotopic (exact) mass is 179 g/mol. The van der Waals surface area contributed by atoms with Crippen molar-refractivity contribution in [1.29, 1.82) is 0 Å². The van der Waals surface area contributed by atoms with Crippen LogP contribution in [0.4, 0.5) is 0 Å². The van der Waals surface area contributed by atoms with Crippen LogP contribution in [0.2, 0.25) is 0 Å². The normalized spacial score (nSPS) is 23.8. The molecule has 0 aromatic carbocycles. The van der Waals surface area contributed by atoms with Gasteiger partial charge in [-0.05, 0) is 6.92 Å². The summed E-state index contributed by atoms with van der Waals surface area (Å²) in [4.78, 5) is 9.96. The highest BCUT2D eigenvalue weighted by molar-refractivity contribution is 5.57. The van der Waals surface area contributed by atoms with Gasteiger partial charge >= 0.3 is 0 Å². The second-order valence-electron chi connectivity index (χ2n) is 2.63.